The number of aromatic nitrogens is 1. The van der Waals surface area contributed by atoms with E-state index in [9.17, 15) is 5.11 Å². The molecule has 2 heterocycles. The van der Waals surface area contributed by atoms with E-state index < -0.39 is 11.2 Å². The monoisotopic (exact) mass is 271 g/mol. The molecule has 0 spiro atoms. The molecule has 0 saturated carbocycles. The van der Waals surface area contributed by atoms with Crippen molar-refractivity contribution in [2.24, 2.45) is 0 Å². The van der Waals surface area contributed by atoms with Crippen LogP contribution in [0.2, 0.25) is 0 Å². The first-order valence-corrected chi connectivity index (χ1v) is 7.01. The summed E-state index contributed by atoms with van der Waals surface area (Å²) in [7, 11) is 0. The van der Waals surface area contributed by atoms with Crippen molar-refractivity contribution in [2.75, 3.05) is 0 Å². The number of fused-ring (bicyclic) bond motifs is 1. The summed E-state index contributed by atoms with van der Waals surface area (Å²) in [5.74, 6) is 0. The maximum atomic E-state index is 11.2. The number of pyridine rings is 1. The first-order chi connectivity index (χ1) is 9.24. The van der Waals surface area contributed by atoms with Crippen LogP contribution >= 0.6 is 0 Å². The minimum absolute atomic E-state index is 0.343. The Morgan fingerprint density at radius 1 is 1.15 bits per heavy atom. The summed E-state index contributed by atoms with van der Waals surface area (Å²) in [5, 5.41) is 12.3. The molecule has 0 aliphatic carbocycles. The Morgan fingerprint density at radius 3 is 2.50 bits per heavy atom. The largest absolute Gasteiger partial charge is 0.382 e. The van der Waals surface area contributed by atoms with Gasteiger partial charge in [-0.25, -0.2) is 0 Å². The quantitative estimate of drug-likeness (QED) is 0.864. The van der Waals surface area contributed by atoms with Crippen LogP contribution in [0.3, 0.4) is 0 Å². The molecule has 20 heavy (non-hydrogen) atoms. The summed E-state index contributed by atoms with van der Waals surface area (Å²) in [6, 6.07) is 9.97. The van der Waals surface area contributed by atoms with Crippen molar-refractivity contribution in [1.82, 2.24) is 4.98 Å². The smallest absolute Gasteiger partial charge is 0.122 e. The number of rotatable bonds is 1. The van der Waals surface area contributed by atoms with E-state index >= 15 is 0 Å². The molecule has 0 bridgehead atoms. The minimum Gasteiger partial charge on any atom is -0.382 e. The summed E-state index contributed by atoms with van der Waals surface area (Å²) < 4.78 is 6.04. The Bertz CT molecular complexity index is 663. The second-order valence-corrected chi connectivity index (χ2v) is 6.83. The zero-order chi connectivity index (χ0) is 14.6. The summed E-state index contributed by atoms with van der Waals surface area (Å²) in [6.45, 7) is 7.91. The molecule has 0 amide bonds. The van der Waals surface area contributed by atoms with Gasteiger partial charge in [-0.15, -0.1) is 0 Å². The highest BCUT2D eigenvalue weighted by Crippen LogP contribution is 2.50. The van der Waals surface area contributed by atoms with Gasteiger partial charge in [-0.1, -0.05) is 18.2 Å². The fourth-order valence-electron chi connectivity index (χ4n) is 3.39. The number of aliphatic hydroxyl groups is 1. The fourth-order valence-corrected chi connectivity index (χ4v) is 3.39. The predicted octanol–water partition coefficient (Wildman–Crippen LogP) is 3.40. The fraction of sp³-hybridized carbons (Fsp3) is 0.471. The van der Waals surface area contributed by atoms with Gasteiger partial charge in [0.2, 0.25) is 0 Å². The van der Waals surface area contributed by atoms with Crippen molar-refractivity contribution in [2.45, 2.75) is 50.9 Å². The first kappa shape index (κ1) is 13.5. The Morgan fingerprint density at radius 2 is 1.85 bits per heavy atom. The Labute approximate surface area is 119 Å². The van der Waals surface area contributed by atoms with Gasteiger partial charge < -0.3 is 9.84 Å². The van der Waals surface area contributed by atoms with Crippen LogP contribution in [0.1, 0.15) is 39.7 Å². The van der Waals surface area contributed by atoms with Crippen molar-refractivity contribution >= 4 is 10.9 Å². The van der Waals surface area contributed by atoms with Crippen molar-refractivity contribution in [1.29, 1.82) is 0 Å². The van der Waals surface area contributed by atoms with Gasteiger partial charge in [0.05, 0.1) is 16.7 Å². The SMILES string of the molecule is CC1(C)CC(O)(c2cnc3ccccc3c2)C(C)(C)O1. The highest BCUT2D eigenvalue weighted by molar-refractivity contribution is 5.79. The van der Waals surface area contributed by atoms with Crippen molar-refractivity contribution in [3.8, 4) is 0 Å². The average molecular weight is 271 g/mol. The molecule has 1 fully saturated rings. The number of benzene rings is 1. The summed E-state index contributed by atoms with van der Waals surface area (Å²) in [6.07, 6.45) is 2.34. The van der Waals surface area contributed by atoms with Crippen molar-refractivity contribution in [3.63, 3.8) is 0 Å². The molecule has 0 radical (unpaired) electrons. The second kappa shape index (κ2) is 4.03. The van der Waals surface area contributed by atoms with Gasteiger partial charge in [-0.3, -0.25) is 4.98 Å². The molecule has 3 rings (SSSR count). The average Bonchev–Trinajstić information content (AvgIpc) is 2.53. The van der Waals surface area contributed by atoms with Gasteiger partial charge in [-0.05, 0) is 39.8 Å². The lowest BCUT2D eigenvalue weighted by molar-refractivity contribution is -0.129. The standard InChI is InChI=1S/C17H21NO2/c1-15(2)11-17(19,16(3,4)20-15)13-9-12-7-5-6-8-14(12)18-10-13/h5-10,19H,11H2,1-4H3. The molecule has 1 aliphatic rings. The molecule has 3 heteroatoms. The van der Waals surface area contributed by atoms with E-state index in [-0.39, 0.29) is 5.60 Å². The lowest BCUT2D eigenvalue weighted by Crippen LogP contribution is -2.43. The highest BCUT2D eigenvalue weighted by atomic mass is 16.5. The van der Waals surface area contributed by atoms with Crippen LogP contribution in [0.15, 0.2) is 36.5 Å². The highest BCUT2D eigenvalue weighted by Gasteiger charge is 2.57. The molecule has 1 aromatic heterocycles. The third kappa shape index (κ3) is 1.93. The number of ether oxygens (including phenoxy) is 1. The molecule has 3 nitrogen and oxygen atoms in total. The van der Waals surface area contributed by atoms with Crippen LogP contribution in [-0.2, 0) is 10.3 Å². The van der Waals surface area contributed by atoms with Gasteiger partial charge in [-0.2, -0.15) is 0 Å². The Hall–Kier alpha value is -1.45. The molecule has 1 aliphatic heterocycles. The topological polar surface area (TPSA) is 42.4 Å². The van der Waals surface area contributed by atoms with Crippen LogP contribution in [0.4, 0.5) is 0 Å². The predicted molar refractivity (Wildman–Crippen MR) is 79.5 cm³/mol. The number of nitrogens with zero attached hydrogens (tertiary/aromatic N) is 1. The third-order valence-corrected chi connectivity index (χ3v) is 4.28. The van der Waals surface area contributed by atoms with Crippen LogP contribution in [-0.4, -0.2) is 21.3 Å². The maximum Gasteiger partial charge on any atom is 0.122 e. The van der Waals surface area contributed by atoms with Gasteiger partial charge >= 0.3 is 0 Å². The Balaban J connectivity index is 2.14. The summed E-state index contributed by atoms with van der Waals surface area (Å²) in [5.41, 5.74) is -0.236. The maximum absolute atomic E-state index is 11.2. The van der Waals surface area contributed by atoms with E-state index in [1.165, 1.54) is 0 Å². The molecule has 1 N–H and O–H groups in total. The van der Waals surface area contributed by atoms with E-state index in [0.29, 0.717) is 6.42 Å². The van der Waals surface area contributed by atoms with E-state index in [0.717, 1.165) is 16.5 Å². The number of hydrogen-bond acceptors (Lipinski definition) is 3. The molecular formula is C17H21NO2. The van der Waals surface area contributed by atoms with Crippen LogP contribution in [0, 0.1) is 0 Å². The molecule has 1 aromatic carbocycles. The molecule has 1 unspecified atom stereocenters. The molecular weight excluding hydrogens is 250 g/mol. The van der Waals surface area contributed by atoms with Crippen LogP contribution in [0.5, 0.6) is 0 Å². The lowest BCUT2D eigenvalue weighted by atomic mass is 9.77. The minimum atomic E-state index is -1.02. The summed E-state index contributed by atoms with van der Waals surface area (Å²) >= 11 is 0. The lowest BCUT2D eigenvalue weighted by Gasteiger charge is -2.35. The normalized spacial score (nSPS) is 27.9. The zero-order valence-corrected chi connectivity index (χ0v) is 12.5. The van der Waals surface area contributed by atoms with Crippen molar-refractivity contribution in [3.05, 3.63) is 42.1 Å². The third-order valence-electron chi connectivity index (χ3n) is 4.28. The molecule has 106 valence electrons. The van der Waals surface area contributed by atoms with Gasteiger partial charge in [0.1, 0.15) is 5.60 Å². The Kier molecular flexibility index (Phi) is 2.72. The van der Waals surface area contributed by atoms with Crippen molar-refractivity contribution < 1.29 is 9.84 Å². The molecule has 2 aromatic rings. The van der Waals surface area contributed by atoms with E-state index in [4.69, 9.17) is 4.74 Å². The first-order valence-electron chi connectivity index (χ1n) is 7.01. The van der Waals surface area contributed by atoms with E-state index in [1.807, 2.05) is 58.0 Å². The van der Waals surface area contributed by atoms with Crippen LogP contribution < -0.4 is 0 Å². The number of hydrogen-bond donors (Lipinski definition) is 1. The number of para-hydroxylation sites is 1. The summed E-state index contributed by atoms with van der Waals surface area (Å²) in [4.78, 5) is 4.47. The van der Waals surface area contributed by atoms with E-state index in [1.54, 1.807) is 6.20 Å². The zero-order valence-electron chi connectivity index (χ0n) is 12.5. The van der Waals surface area contributed by atoms with Gasteiger partial charge in [0.25, 0.3) is 0 Å². The molecule has 1 saturated heterocycles. The van der Waals surface area contributed by atoms with E-state index in [2.05, 4.69) is 4.98 Å². The van der Waals surface area contributed by atoms with Crippen LogP contribution in [0.25, 0.3) is 10.9 Å². The van der Waals surface area contributed by atoms with Gasteiger partial charge in [0, 0.05) is 23.6 Å². The van der Waals surface area contributed by atoms with Gasteiger partial charge in [0.15, 0.2) is 0 Å². The second-order valence-electron chi connectivity index (χ2n) is 6.83. The molecule has 1 atom stereocenters.